The van der Waals surface area contributed by atoms with Gasteiger partial charge in [-0.25, -0.2) is 8.42 Å². The Morgan fingerprint density at radius 2 is 2.04 bits per heavy atom. The van der Waals surface area contributed by atoms with Crippen molar-refractivity contribution in [3.8, 4) is 0 Å². The molecule has 148 valence electrons. The largest absolute Gasteiger partial charge is 0.468 e. The Morgan fingerprint density at radius 1 is 1.21 bits per heavy atom. The molecule has 3 aromatic rings. The number of rotatable bonds is 8. The van der Waals surface area contributed by atoms with Crippen molar-refractivity contribution in [2.24, 2.45) is 0 Å². The van der Waals surface area contributed by atoms with Crippen LogP contribution in [0.25, 0.3) is 0 Å². The minimum atomic E-state index is -3.40. The van der Waals surface area contributed by atoms with Crippen molar-refractivity contribution in [3.05, 3.63) is 69.8 Å². The topological polar surface area (TPSA) is 79.6 Å². The SMILES string of the molecule is CS(=O)(=O)c1ccc(Cl)c(NC(=O)CN(Cc2ccco2)Cc2cccs2)c1. The second kappa shape index (κ2) is 8.91. The molecule has 1 amide bonds. The number of carbonyl (C=O) groups excluding carboxylic acids is 1. The number of thiophene rings is 1. The van der Waals surface area contributed by atoms with Crippen LogP contribution in [0.2, 0.25) is 5.02 Å². The standard InChI is InChI=1S/C19H19ClN2O4S2/c1-28(24,25)16-6-7-17(20)18(10-16)21-19(23)13-22(11-14-4-2-8-26-14)12-15-5-3-9-27-15/h2-10H,11-13H2,1H3,(H,21,23). The predicted molar refractivity (Wildman–Crippen MR) is 110 cm³/mol. The van der Waals surface area contributed by atoms with Gasteiger partial charge in [0, 0.05) is 17.7 Å². The molecule has 0 unspecified atom stereocenters. The van der Waals surface area contributed by atoms with Crippen LogP contribution in [0.3, 0.4) is 0 Å². The van der Waals surface area contributed by atoms with Crippen LogP contribution in [0, 0.1) is 0 Å². The summed E-state index contributed by atoms with van der Waals surface area (Å²) in [5.41, 5.74) is 0.267. The van der Waals surface area contributed by atoms with E-state index < -0.39 is 9.84 Å². The lowest BCUT2D eigenvalue weighted by Gasteiger charge is -2.20. The summed E-state index contributed by atoms with van der Waals surface area (Å²) in [6.07, 6.45) is 2.70. The minimum absolute atomic E-state index is 0.0953. The molecule has 0 aliphatic carbocycles. The second-order valence-electron chi connectivity index (χ2n) is 6.27. The average Bonchev–Trinajstić information content (AvgIpc) is 3.30. The van der Waals surface area contributed by atoms with Gasteiger partial charge in [-0.2, -0.15) is 0 Å². The normalized spacial score (nSPS) is 11.7. The van der Waals surface area contributed by atoms with Gasteiger partial charge in [0.25, 0.3) is 0 Å². The van der Waals surface area contributed by atoms with E-state index >= 15 is 0 Å². The Bertz CT molecular complexity index is 996. The highest BCUT2D eigenvalue weighted by Gasteiger charge is 2.16. The molecule has 2 heterocycles. The van der Waals surface area contributed by atoms with Crippen LogP contribution in [-0.4, -0.2) is 32.0 Å². The molecule has 0 saturated heterocycles. The molecule has 1 N–H and O–H groups in total. The lowest BCUT2D eigenvalue weighted by Crippen LogP contribution is -2.32. The summed E-state index contributed by atoms with van der Waals surface area (Å²) < 4.78 is 28.9. The van der Waals surface area contributed by atoms with Gasteiger partial charge in [0.2, 0.25) is 5.91 Å². The molecule has 6 nitrogen and oxygen atoms in total. The zero-order chi connectivity index (χ0) is 20.1. The Morgan fingerprint density at radius 3 is 2.68 bits per heavy atom. The highest BCUT2D eigenvalue weighted by molar-refractivity contribution is 7.90. The number of halogens is 1. The van der Waals surface area contributed by atoms with Gasteiger partial charge in [-0.1, -0.05) is 17.7 Å². The fraction of sp³-hybridized carbons (Fsp3) is 0.211. The first-order valence-corrected chi connectivity index (χ1v) is 11.5. The van der Waals surface area contributed by atoms with E-state index in [1.165, 1.54) is 18.2 Å². The van der Waals surface area contributed by atoms with Gasteiger partial charge in [0.15, 0.2) is 9.84 Å². The van der Waals surface area contributed by atoms with E-state index in [1.807, 2.05) is 28.5 Å². The van der Waals surface area contributed by atoms with Gasteiger partial charge in [-0.3, -0.25) is 9.69 Å². The van der Waals surface area contributed by atoms with Gasteiger partial charge in [-0.15, -0.1) is 11.3 Å². The number of hydrogen-bond donors (Lipinski definition) is 1. The van der Waals surface area contributed by atoms with Crippen molar-refractivity contribution in [2.45, 2.75) is 18.0 Å². The van der Waals surface area contributed by atoms with Gasteiger partial charge < -0.3 is 9.73 Å². The second-order valence-corrected chi connectivity index (χ2v) is 9.72. The highest BCUT2D eigenvalue weighted by atomic mass is 35.5. The van der Waals surface area contributed by atoms with Crippen molar-refractivity contribution >= 4 is 44.4 Å². The van der Waals surface area contributed by atoms with Gasteiger partial charge >= 0.3 is 0 Å². The Hall–Kier alpha value is -2.13. The number of carbonyl (C=O) groups is 1. The van der Waals surface area contributed by atoms with E-state index in [9.17, 15) is 13.2 Å². The summed E-state index contributed by atoms with van der Waals surface area (Å²) in [6.45, 7) is 1.15. The van der Waals surface area contributed by atoms with Gasteiger partial charge in [0.05, 0.1) is 35.0 Å². The molecule has 0 saturated carbocycles. The summed E-state index contributed by atoms with van der Waals surface area (Å²) in [7, 11) is -3.40. The van der Waals surface area contributed by atoms with E-state index in [4.69, 9.17) is 16.0 Å². The van der Waals surface area contributed by atoms with Gasteiger partial charge in [0.1, 0.15) is 5.76 Å². The van der Waals surface area contributed by atoms with Crippen LogP contribution in [0.1, 0.15) is 10.6 Å². The quantitative estimate of drug-likeness (QED) is 0.574. The summed E-state index contributed by atoms with van der Waals surface area (Å²) in [5.74, 6) is 0.456. The molecule has 0 fully saturated rings. The zero-order valence-corrected chi connectivity index (χ0v) is 17.5. The van der Waals surface area contributed by atoms with E-state index in [-0.39, 0.29) is 28.1 Å². The van der Waals surface area contributed by atoms with Crippen LogP contribution in [0.15, 0.2) is 63.4 Å². The molecule has 28 heavy (non-hydrogen) atoms. The monoisotopic (exact) mass is 438 g/mol. The Labute approximate surface area is 172 Å². The summed E-state index contributed by atoms with van der Waals surface area (Å²) in [6, 6.07) is 11.9. The van der Waals surface area contributed by atoms with Crippen LogP contribution in [0.5, 0.6) is 0 Å². The molecule has 1 aromatic carbocycles. The lowest BCUT2D eigenvalue weighted by atomic mass is 10.3. The Kier molecular flexibility index (Phi) is 6.56. The number of benzene rings is 1. The maximum Gasteiger partial charge on any atom is 0.238 e. The fourth-order valence-electron chi connectivity index (χ4n) is 2.64. The number of hydrogen-bond acceptors (Lipinski definition) is 6. The van der Waals surface area contributed by atoms with Crippen LogP contribution >= 0.6 is 22.9 Å². The maximum atomic E-state index is 12.6. The number of amides is 1. The number of furan rings is 1. The molecule has 0 spiro atoms. The number of nitrogens with one attached hydrogen (secondary N) is 1. The van der Waals surface area contributed by atoms with Crippen molar-refractivity contribution in [2.75, 3.05) is 18.1 Å². The van der Waals surface area contributed by atoms with Crippen LogP contribution in [0.4, 0.5) is 5.69 Å². The smallest absolute Gasteiger partial charge is 0.238 e. The predicted octanol–water partition coefficient (Wildman–Crippen LogP) is 4.04. The molecule has 0 aliphatic heterocycles. The number of sulfone groups is 1. The molecule has 3 rings (SSSR count). The van der Waals surface area contributed by atoms with E-state index in [0.717, 1.165) is 16.9 Å². The number of nitrogens with zero attached hydrogens (tertiary/aromatic N) is 1. The molecule has 0 radical (unpaired) electrons. The van der Waals surface area contributed by atoms with E-state index in [2.05, 4.69) is 5.32 Å². The third kappa shape index (κ3) is 5.68. The third-order valence-corrected chi connectivity index (χ3v) is 6.23. The lowest BCUT2D eigenvalue weighted by molar-refractivity contribution is -0.117. The summed E-state index contributed by atoms with van der Waals surface area (Å²) >= 11 is 7.73. The first-order chi connectivity index (χ1) is 13.3. The fourth-order valence-corrected chi connectivity index (χ4v) is 4.20. The van der Waals surface area contributed by atoms with E-state index in [1.54, 1.807) is 23.7 Å². The van der Waals surface area contributed by atoms with Crippen molar-refractivity contribution in [1.82, 2.24) is 4.90 Å². The number of anilines is 1. The van der Waals surface area contributed by atoms with E-state index in [0.29, 0.717) is 13.1 Å². The summed E-state index contributed by atoms with van der Waals surface area (Å²) in [4.78, 5) is 15.8. The van der Waals surface area contributed by atoms with Gasteiger partial charge in [-0.05, 0) is 41.8 Å². The maximum absolute atomic E-state index is 12.6. The molecule has 0 bridgehead atoms. The third-order valence-electron chi connectivity index (χ3n) is 3.93. The molecule has 2 aromatic heterocycles. The van der Waals surface area contributed by atoms with Crippen molar-refractivity contribution < 1.29 is 17.6 Å². The first-order valence-electron chi connectivity index (χ1n) is 8.38. The highest BCUT2D eigenvalue weighted by Crippen LogP contribution is 2.25. The Balaban J connectivity index is 1.73. The van der Waals surface area contributed by atoms with Crippen LogP contribution in [-0.2, 0) is 27.7 Å². The zero-order valence-electron chi connectivity index (χ0n) is 15.1. The first kappa shape index (κ1) is 20.6. The molecule has 0 aliphatic rings. The van der Waals surface area contributed by atoms with Crippen molar-refractivity contribution in [1.29, 1.82) is 0 Å². The molecule has 0 atom stereocenters. The molecular formula is C19H19ClN2O4S2. The molecular weight excluding hydrogens is 420 g/mol. The summed E-state index contributed by atoms with van der Waals surface area (Å²) in [5, 5.41) is 4.97. The average molecular weight is 439 g/mol. The van der Waals surface area contributed by atoms with Crippen LogP contribution < -0.4 is 5.32 Å². The van der Waals surface area contributed by atoms with Crippen molar-refractivity contribution in [3.63, 3.8) is 0 Å². The minimum Gasteiger partial charge on any atom is -0.468 e. The molecule has 9 heteroatoms.